The number of fused-ring (bicyclic) bond motifs is 3. The van der Waals surface area contributed by atoms with Crippen molar-refractivity contribution in [2.24, 2.45) is 16.8 Å². The summed E-state index contributed by atoms with van der Waals surface area (Å²) in [4.78, 5) is 48.1. The Morgan fingerprint density at radius 2 is 1.70 bits per heavy atom. The second kappa shape index (κ2) is 8.33. The molecule has 0 bridgehead atoms. The number of nitrogens with zero attached hydrogens (tertiary/aromatic N) is 3. The van der Waals surface area contributed by atoms with Crippen molar-refractivity contribution in [1.82, 2.24) is 9.80 Å². The molecular weight excluding hydrogens is 438 g/mol. The van der Waals surface area contributed by atoms with E-state index in [1.54, 1.807) is 6.92 Å². The summed E-state index contributed by atoms with van der Waals surface area (Å²) in [5.41, 5.74) is 0.716. The Kier molecular flexibility index (Phi) is 5.48. The largest absolute Gasteiger partial charge is 0.467 e. The number of rotatable bonds is 5. The van der Waals surface area contributed by atoms with Crippen molar-refractivity contribution >= 4 is 34.7 Å². The van der Waals surface area contributed by atoms with Gasteiger partial charge in [0.1, 0.15) is 5.54 Å². The Labute approximate surface area is 196 Å². The van der Waals surface area contributed by atoms with E-state index in [9.17, 15) is 14.4 Å². The van der Waals surface area contributed by atoms with Gasteiger partial charge in [0.15, 0.2) is 5.17 Å². The van der Waals surface area contributed by atoms with Crippen LogP contribution in [0.2, 0.25) is 0 Å². The van der Waals surface area contributed by atoms with Crippen molar-refractivity contribution in [2.45, 2.75) is 30.8 Å². The Bertz CT molecular complexity index is 1120. The summed E-state index contributed by atoms with van der Waals surface area (Å²) < 4.78 is 5.17. The van der Waals surface area contributed by atoms with Crippen LogP contribution in [-0.2, 0) is 31.4 Å². The molecule has 5 rings (SSSR count). The second-order valence-corrected chi connectivity index (χ2v) is 9.67. The van der Waals surface area contributed by atoms with Crippen molar-refractivity contribution in [3.63, 3.8) is 0 Å². The van der Waals surface area contributed by atoms with E-state index >= 15 is 0 Å². The van der Waals surface area contributed by atoms with Crippen LogP contribution in [0.25, 0.3) is 0 Å². The molecule has 2 aromatic rings. The molecule has 33 heavy (non-hydrogen) atoms. The zero-order chi connectivity index (χ0) is 23.2. The standard InChI is InChI=1S/C25H25N3O4S/c1-25(23(31)32-2)20-19(21(29)27(22(20)30)14-16-9-5-3-6-10-16)18-13-26-24(28(18)25)33-15-17-11-7-4-8-12-17/h3-12,18-20H,13-15H2,1-2H3/t18-,19+,20-,25-/m1/s1. The quantitative estimate of drug-likeness (QED) is 0.501. The maximum Gasteiger partial charge on any atom is 0.332 e. The third-order valence-corrected chi connectivity index (χ3v) is 7.97. The van der Waals surface area contributed by atoms with Gasteiger partial charge in [0.25, 0.3) is 0 Å². The molecule has 3 aliphatic heterocycles. The van der Waals surface area contributed by atoms with Crippen LogP contribution in [0.3, 0.4) is 0 Å². The molecule has 0 spiro atoms. The Morgan fingerprint density at radius 1 is 1.06 bits per heavy atom. The molecule has 7 nitrogen and oxygen atoms in total. The average Bonchev–Trinajstić information content (AvgIpc) is 3.46. The molecule has 0 saturated carbocycles. The summed E-state index contributed by atoms with van der Waals surface area (Å²) in [6.07, 6.45) is 0. The third kappa shape index (κ3) is 3.35. The number of amides is 2. The van der Waals surface area contributed by atoms with Crippen molar-refractivity contribution in [3.8, 4) is 0 Å². The fourth-order valence-electron chi connectivity index (χ4n) is 5.36. The first-order valence-electron chi connectivity index (χ1n) is 10.9. The molecular formula is C25H25N3O4S. The van der Waals surface area contributed by atoms with Crippen LogP contribution in [0.1, 0.15) is 18.1 Å². The summed E-state index contributed by atoms with van der Waals surface area (Å²) in [6.45, 7) is 2.30. The van der Waals surface area contributed by atoms with Gasteiger partial charge in [0.05, 0.1) is 38.1 Å². The second-order valence-electron chi connectivity index (χ2n) is 8.73. The maximum atomic E-state index is 13.6. The highest BCUT2D eigenvalue weighted by molar-refractivity contribution is 8.13. The van der Waals surface area contributed by atoms with Crippen LogP contribution in [0, 0.1) is 11.8 Å². The lowest BCUT2D eigenvalue weighted by Gasteiger charge is -2.37. The maximum absolute atomic E-state index is 13.6. The number of likely N-dealkylation sites (tertiary alicyclic amines) is 1. The minimum atomic E-state index is -1.29. The number of thioether (sulfide) groups is 1. The Balaban J connectivity index is 1.45. The van der Waals surface area contributed by atoms with Crippen LogP contribution in [0.5, 0.6) is 0 Å². The van der Waals surface area contributed by atoms with Crippen LogP contribution < -0.4 is 0 Å². The molecule has 0 aliphatic carbocycles. The molecule has 170 valence electrons. The molecule has 2 saturated heterocycles. The van der Waals surface area contributed by atoms with Crippen molar-refractivity contribution < 1.29 is 19.1 Å². The van der Waals surface area contributed by atoms with Gasteiger partial charge >= 0.3 is 5.97 Å². The van der Waals surface area contributed by atoms with Crippen LogP contribution >= 0.6 is 11.8 Å². The molecule has 3 heterocycles. The number of methoxy groups -OCH3 is 1. The number of esters is 1. The first-order chi connectivity index (χ1) is 16.0. The number of imide groups is 1. The van der Waals surface area contributed by atoms with Gasteiger partial charge in [-0.15, -0.1) is 0 Å². The lowest BCUT2D eigenvalue weighted by atomic mass is 9.81. The summed E-state index contributed by atoms with van der Waals surface area (Å²) in [7, 11) is 1.32. The zero-order valence-electron chi connectivity index (χ0n) is 18.5. The van der Waals surface area contributed by atoms with E-state index in [4.69, 9.17) is 9.73 Å². The summed E-state index contributed by atoms with van der Waals surface area (Å²) >= 11 is 1.52. The average molecular weight is 464 g/mol. The minimum Gasteiger partial charge on any atom is -0.467 e. The molecule has 0 unspecified atom stereocenters. The van der Waals surface area contributed by atoms with E-state index in [1.807, 2.05) is 65.6 Å². The van der Waals surface area contributed by atoms with E-state index in [1.165, 1.54) is 23.8 Å². The van der Waals surface area contributed by atoms with Crippen molar-refractivity contribution in [2.75, 3.05) is 13.7 Å². The van der Waals surface area contributed by atoms with Crippen LogP contribution in [0.4, 0.5) is 0 Å². The number of hydrogen-bond acceptors (Lipinski definition) is 7. The first kappa shape index (κ1) is 21.7. The van der Waals surface area contributed by atoms with Crippen molar-refractivity contribution in [1.29, 1.82) is 0 Å². The smallest absolute Gasteiger partial charge is 0.332 e. The predicted molar refractivity (Wildman–Crippen MR) is 125 cm³/mol. The number of ether oxygens (including phenoxy) is 1. The molecule has 0 aromatic heterocycles. The van der Waals surface area contributed by atoms with Crippen molar-refractivity contribution in [3.05, 3.63) is 71.8 Å². The molecule has 0 radical (unpaired) electrons. The molecule has 4 atom stereocenters. The highest BCUT2D eigenvalue weighted by Gasteiger charge is 2.72. The lowest BCUT2D eigenvalue weighted by Crippen LogP contribution is -2.57. The normalized spacial score (nSPS) is 28.1. The monoisotopic (exact) mass is 463 g/mol. The number of carbonyl (C=O) groups is 3. The SMILES string of the molecule is COC(=O)[C@@]1(C)[C@H]2C(=O)N(Cc3ccccc3)C(=O)[C@H]2[C@H]2CN=C(SCc3ccccc3)N21. The van der Waals surface area contributed by atoms with E-state index in [0.717, 1.165) is 11.1 Å². The van der Waals surface area contributed by atoms with Gasteiger partial charge in [-0.2, -0.15) is 0 Å². The zero-order valence-corrected chi connectivity index (χ0v) is 19.3. The van der Waals surface area contributed by atoms with E-state index in [0.29, 0.717) is 17.5 Å². The number of carbonyl (C=O) groups excluding carboxylic acids is 3. The summed E-state index contributed by atoms with van der Waals surface area (Å²) in [5, 5.41) is 0.682. The van der Waals surface area contributed by atoms with Gasteiger partial charge < -0.3 is 9.64 Å². The van der Waals surface area contributed by atoms with Crippen LogP contribution in [-0.4, -0.2) is 58.0 Å². The van der Waals surface area contributed by atoms with Gasteiger partial charge in [-0.25, -0.2) is 4.79 Å². The molecule has 2 aromatic carbocycles. The molecule has 2 amide bonds. The van der Waals surface area contributed by atoms with E-state index < -0.39 is 23.3 Å². The Hall–Kier alpha value is -3.13. The number of amidine groups is 1. The fraction of sp³-hybridized carbons (Fsp3) is 0.360. The fourth-order valence-corrected chi connectivity index (χ4v) is 6.48. The summed E-state index contributed by atoms with van der Waals surface area (Å²) in [6, 6.07) is 19.1. The highest BCUT2D eigenvalue weighted by Crippen LogP contribution is 2.52. The van der Waals surface area contributed by atoms with E-state index in [2.05, 4.69) is 0 Å². The predicted octanol–water partition coefficient (Wildman–Crippen LogP) is 2.71. The molecule has 2 fully saturated rings. The third-order valence-electron chi connectivity index (χ3n) is 6.91. The minimum absolute atomic E-state index is 0.200. The topological polar surface area (TPSA) is 79.3 Å². The molecule has 8 heteroatoms. The van der Waals surface area contributed by atoms with E-state index in [-0.39, 0.29) is 24.4 Å². The molecule has 3 aliphatic rings. The lowest BCUT2D eigenvalue weighted by molar-refractivity contribution is -0.157. The highest BCUT2D eigenvalue weighted by atomic mass is 32.2. The van der Waals surface area contributed by atoms with Gasteiger partial charge in [0.2, 0.25) is 11.8 Å². The number of hydrogen-bond donors (Lipinski definition) is 0. The van der Waals surface area contributed by atoms with Gasteiger partial charge in [-0.1, -0.05) is 72.4 Å². The van der Waals surface area contributed by atoms with Crippen LogP contribution in [0.15, 0.2) is 65.7 Å². The molecule has 0 N–H and O–H groups in total. The van der Waals surface area contributed by atoms with Gasteiger partial charge in [0, 0.05) is 5.75 Å². The van der Waals surface area contributed by atoms with Gasteiger partial charge in [-0.3, -0.25) is 19.5 Å². The summed E-state index contributed by atoms with van der Waals surface area (Å²) in [5.74, 6) is -1.81. The number of benzene rings is 2. The number of aliphatic imine (C=N–C) groups is 1. The Morgan fingerprint density at radius 3 is 2.33 bits per heavy atom. The first-order valence-corrected chi connectivity index (χ1v) is 11.9. The van der Waals surface area contributed by atoms with Gasteiger partial charge in [-0.05, 0) is 18.1 Å².